The Labute approximate surface area is 128 Å². The van der Waals surface area contributed by atoms with Gasteiger partial charge >= 0.3 is 0 Å². The maximum atomic E-state index is 12.0. The predicted molar refractivity (Wildman–Crippen MR) is 87.8 cm³/mol. The summed E-state index contributed by atoms with van der Waals surface area (Å²) in [6.45, 7) is 9.23. The lowest BCUT2D eigenvalue weighted by Crippen LogP contribution is -2.39. The average Bonchev–Trinajstić information content (AvgIpc) is 2.43. The van der Waals surface area contributed by atoms with Crippen LogP contribution >= 0.6 is 0 Å². The molecule has 0 aliphatic heterocycles. The third-order valence-corrected chi connectivity index (χ3v) is 3.58. The predicted octanol–water partition coefficient (Wildman–Crippen LogP) is 2.67. The molecule has 0 radical (unpaired) electrons. The van der Waals surface area contributed by atoms with Crippen molar-refractivity contribution in [2.45, 2.75) is 40.2 Å². The first-order chi connectivity index (χ1) is 9.75. The molecule has 0 bridgehead atoms. The van der Waals surface area contributed by atoms with E-state index in [0.717, 1.165) is 18.7 Å². The molecular formula is C17H28N2O2. The molecule has 0 spiro atoms. The number of hydrogen-bond acceptors (Lipinski definition) is 3. The number of amides is 1. The van der Waals surface area contributed by atoms with E-state index in [2.05, 4.69) is 17.1 Å². The third-order valence-electron chi connectivity index (χ3n) is 3.58. The molecule has 2 N–H and O–H groups in total. The minimum absolute atomic E-state index is 0.150. The van der Waals surface area contributed by atoms with Crippen molar-refractivity contribution in [1.29, 1.82) is 0 Å². The van der Waals surface area contributed by atoms with Crippen LogP contribution in [0.2, 0.25) is 0 Å². The molecule has 4 heteroatoms. The first-order valence-electron chi connectivity index (χ1n) is 7.53. The van der Waals surface area contributed by atoms with Gasteiger partial charge in [-0.3, -0.25) is 4.79 Å². The van der Waals surface area contributed by atoms with Crippen LogP contribution in [-0.4, -0.2) is 37.3 Å². The molecule has 1 amide bonds. The summed E-state index contributed by atoms with van der Waals surface area (Å²) in [6.07, 6.45) is 0.528. The van der Waals surface area contributed by atoms with Gasteiger partial charge in [0.15, 0.2) is 0 Å². The van der Waals surface area contributed by atoms with Gasteiger partial charge in [-0.25, -0.2) is 0 Å². The highest BCUT2D eigenvalue weighted by molar-refractivity contribution is 5.94. The number of anilines is 1. The lowest BCUT2D eigenvalue weighted by molar-refractivity contribution is 0.0587. The SMILES string of the molecule is CCCN(C)c1ccc(C(=O)NCC(O)C(C)(C)C)cc1. The van der Waals surface area contributed by atoms with Gasteiger partial charge in [0.05, 0.1) is 6.10 Å². The van der Waals surface area contributed by atoms with E-state index in [9.17, 15) is 9.90 Å². The molecule has 0 fully saturated rings. The number of carbonyl (C=O) groups is 1. The van der Waals surface area contributed by atoms with Crippen LogP contribution < -0.4 is 10.2 Å². The van der Waals surface area contributed by atoms with Gasteiger partial charge in [0.25, 0.3) is 5.91 Å². The van der Waals surface area contributed by atoms with Crippen molar-refractivity contribution in [1.82, 2.24) is 5.32 Å². The van der Waals surface area contributed by atoms with Crippen molar-refractivity contribution in [3.05, 3.63) is 29.8 Å². The van der Waals surface area contributed by atoms with Crippen LogP contribution in [0.1, 0.15) is 44.5 Å². The number of nitrogens with one attached hydrogen (secondary N) is 1. The lowest BCUT2D eigenvalue weighted by Gasteiger charge is -2.25. The monoisotopic (exact) mass is 292 g/mol. The van der Waals surface area contributed by atoms with Crippen molar-refractivity contribution in [2.24, 2.45) is 5.41 Å². The average molecular weight is 292 g/mol. The van der Waals surface area contributed by atoms with Crippen LogP contribution in [0, 0.1) is 5.41 Å². The van der Waals surface area contributed by atoms with E-state index in [1.54, 1.807) is 0 Å². The Morgan fingerprint density at radius 3 is 2.33 bits per heavy atom. The normalized spacial score (nSPS) is 12.9. The second kappa shape index (κ2) is 7.46. The summed E-state index contributed by atoms with van der Waals surface area (Å²) >= 11 is 0. The third kappa shape index (κ3) is 5.38. The second-order valence-electron chi connectivity index (χ2n) is 6.56. The quantitative estimate of drug-likeness (QED) is 0.847. The maximum absolute atomic E-state index is 12.0. The maximum Gasteiger partial charge on any atom is 0.251 e. The van der Waals surface area contributed by atoms with E-state index >= 15 is 0 Å². The zero-order chi connectivity index (χ0) is 16.0. The molecule has 1 aromatic rings. The van der Waals surface area contributed by atoms with Crippen molar-refractivity contribution < 1.29 is 9.90 Å². The number of aliphatic hydroxyl groups excluding tert-OH is 1. The number of benzene rings is 1. The van der Waals surface area contributed by atoms with Crippen molar-refractivity contribution in [3.63, 3.8) is 0 Å². The molecule has 0 heterocycles. The van der Waals surface area contributed by atoms with Gasteiger partial charge in [-0.1, -0.05) is 27.7 Å². The molecule has 1 atom stereocenters. The lowest BCUT2D eigenvalue weighted by atomic mass is 9.89. The smallest absolute Gasteiger partial charge is 0.251 e. The first-order valence-corrected chi connectivity index (χ1v) is 7.53. The molecule has 0 saturated heterocycles. The van der Waals surface area contributed by atoms with Gasteiger partial charge < -0.3 is 15.3 Å². The Morgan fingerprint density at radius 1 is 1.29 bits per heavy atom. The van der Waals surface area contributed by atoms with Gasteiger partial charge in [-0.05, 0) is 36.1 Å². The zero-order valence-electron chi connectivity index (χ0n) is 13.8. The molecule has 1 rings (SSSR count). The summed E-state index contributed by atoms with van der Waals surface area (Å²) in [5, 5.41) is 12.7. The van der Waals surface area contributed by atoms with E-state index in [4.69, 9.17) is 0 Å². The summed E-state index contributed by atoms with van der Waals surface area (Å²) in [6, 6.07) is 7.54. The highest BCUT2D eigenvalue weighted by Gasteiger charge is 2.22. The van der Waals surface area contributed by atoms with Crippen molar-refractivity contribution in [3.8, 4) is 0 Å². The fourth-order valence-electron chi connectivity index (χ4n) is 1.93. The molecule has 0 saturated carbocycles. The Hall–Kier alpha value is -1.55. The Kier molecular flexibility index (Phi) is 6.21. The van der Waals surface area contributed by atoms with E-state index in [-0.39, 0.29) is 17.9 Å². The molecule has 118 valence electrons. The summed E-state index contributed by atoms with van der Waals surface area (Å²) < 4.78 is 0. The van der Waals surface area contributed by atoms with Crippen LogP contribution in [-0.2, 0) is 0 Å². The topological polar surface area (TPSA) is 52.6 Å². The Bertz CT molecular complexity index is 449. The number of hydrogen-bond donors (Lipinski definition) is 2. The van der Waals surface area contributed by atoms with Gasteiger partial charge in [0.2, 0.25) is 0 Å². The van der Waals surface area contributed by atoms with Crippen LogP contribution in [0.4, 0.5) is 5.69 Å². The molecular weight excluding hydrogens is 264 g/mol. The highest BCUT2D eigenvalue weighted by atomic mass is 16.3. The van der Waals surface area contributed by atoms with Crippen LogP contribution in [0.25, 0.3) is 0 Å². The molecule has 1 aromatic carbocycles. The molecule has 0 aliphatic carbocycles. The molecule has 0 aliphatic rings. The van der Waals surface area contributed by atoms with E-state index in [0.29, 0.717) is 5.56 Å². The van der Waals surface area contributed by atoms with Crippen molar-refractivity contribution in [2.75, 3.05) is 25.0 Å². The Balaban J connectivity index is 2.59. The second-order valence-corrected chi connectivity index (χ2v) is 6.56. The van der Waals surface area contributed by atoms with Gasteiger partial charge in [0.1, 0.15) is 0 Å². The van der Waals surface area contributed by atoms with Gasteiger partial charge in [0, 0.05) is 31.4 Å². The number of nitrogens with zero attached hydrogens (tertiary/aromatic N) is 1. The summed E-state index contributed by atoms with van der Waals surface area (Å²) in [4.78, 5) is 14.2. The highest BCUT2D eigenvalue weighted by Crippen LogP contribution is 2.18. The van der Waals surface area contributed by atoms with Crippen LogP contribution in [0.3, 0.4) is 0 Å². The standard InChI is InChI=1S/C17H28N2O2/c1-6-11-19(5)14-9-7-13(8-10-14)16(21)18-12-15(20)17(2,3)4/h7-10,15,20H,6,11-12H2,1-5H3,(H,18,21). The first kappa shape index (κ1) is 17.5. The van der Waals surface area contributed by atoms with E-state index in [1.165, 1.54) is 0 Å². The summed E-state index contributed by atoms with van der Waals surface area (Å²) in [7, 11) is 2.04. The van der Waals surface area contributed by atoms with E-state index < -0.39 is 6.10 Å². The Morgan fingerprint density at radius 2 is 1.86 bits per heavy atom. The summed E-state index contributed by atoms with van der Waals surface area (Å²) in [5.74, 6) is -0.150. The fraction of sp³-hybridized carbons (Fsp3) is 0.588. The molecule has 21 heavy (non-hydrogen) atoms. The minimum Gasteiger partial charge on any atom is -0.391 e. The van der Waals surface area contributed by atoms with Crippen LogP contribution in [0.5, 0.6) is 0 Å². The van der Waals surface area contributed by atoms with Gasteiger partial charge in [-0.15, -0.1) is 0 Å². The number of rotatable bonds is 6. The minimum atomic E-state index is -0.559. The molecule has 1 unspecified atom stereocenters. The van der Waals surface area contributed by atoms with Crippen molar-refractivity contribution >= 4 is 11.6 Å². The number of aliphatic hydroxyl groups is 1. The fourth-order valence-corrected chi connectivity index (χ4v) is 1.93. The summed E-state index contributed by atoms with van der Waals surface area (Å²) in [5.41, 5.74) is 1.48. The van der Waals surface area contributed by atoms with Crippen LogP contribution in [0.15, 0.2) is 24.3 Å². The van der Waals surface area contributed by atoms with Gasteiger partial charge in [-0.2, -0.15) is 0 Å². The molecule has 4 nitrogen and oxygen atoms in total. The molecule has 0 aromatic heterocycles. The van der Waals surface area contributed by atoms with E-state index in [1.807, 2.05) is 52.1 Å². The zero-order valence-corrected chi connectivity index (χ0v) is 13.8. The largest absolute Gasteiger partial charge is 0.391 e. The number of carbonyl (C=O) groups excluding carboxylic acids is 1.